The molecule has 0 fully saturated rings. The van der Waals surface area contributed by atoms with Gasteiger partial charge in [0.1, 0.15) is 0 Å². The molecule has 2 heterocycles. The number of fused-ring (bicyclic) bond motifs is 1. The van der Waals surface area contributed by atoms with E-state index in [9.17, 15) is 0 Å². The monoisotopic (exact) mass is 663 g/mol. The van der Waals surface area contributed by atoms with Crippen LogP contribution in [0.5, 0.6) is 0 Å². The molecule has 0 spiro atoms. The fourth-order valence-electron chi connectivity index (χ4n) is 4.71. The second kappa shape index (κ2) is 15.2. The van der Waals surface area contributed by atoms with Crippen LogP contribution in [0.1, 0.15) is 98.8 Å². The fourth-order valence-corrected chi connectivity index (χ4v) is 37.9. The van der Waals surface area contributed by atoms with Gasteiger partial charge in [0.05, 0.1) is 0 Å². The summed E-state index contributed by atoms with van der Waals surface area (Å²) in [6, 6.07) is 5.47. The average Bonchev–Trinajstić information content (AvgIpc) is 3.33. The third-order valence-corrected chi connectivity index (χ3v) is 37.8. The number of hydrogen-bond acceptors (Lipinski definition) is 2. The van der Waals surface area contributed by atoms with Gasteiger partial charge >= 0.3 is 209 Å². The average molecular weight is 661 g/mol. The Labute approximate surface area is 207 Å². The summed E-state index contributed by atoms with van der Waals surface area (Å²) < 4.78 is 15.2. The van der Waals surface area contributed by atoms with E-state index < -0.39 is 38.1 Å². The van der Waals surface area contributed by atoms with Crippen molar-refractivity contribution in [3.05, 3.63) is 12.1 Å². The van der Waals surface area contributed by atoms with Crippen molar-refractivity contribution in [1.29, 1.82) is 0 Å². The second-order valence-electron chi connectivity index (χ2n) is 9.35. The molecule has 0 amide bonds. The van der Waals surface area contributed by atoms with Crippen molar-refractivity contribution < 1.29 is 0 Å². The van der Waals surface area contributed by atoms with Crippen LogP contribution in [0.3, 0.4) is 0 Å². The van der Waals surface area contributed by atoms with Gasteiger partial charge in [-0.3, -0.25) is 0 Å². The zero-order chi connectivity index (χ0) is 21.8. The van der Waals surface area contributed by atoms with Gasteiger partial charge in [0.2, 0.25) is 0 Å². The van der Waals surface area contributed by atoms with E-state index in [1.165, 1.54) is 64.2 Å². The van der Waals surface area contributed by atoms with E-state index in [0.717, 1.165) is 0 Å². The predicted octanol–water partition coefficient (Wildman–Crippen LogP) is 9.32. The van der Waals surface area contributed by atoms with E-state index in [4.69, 9.17) is 0 Å². The molecule has 1 radical (unpaired) electrons. The normalized spacial score (nSPS) is 12.5. The molecule has 4 heteroatoms. The SMILES string of the molecule is CCC[CH2][Sn]([CH2]CCC)[c]1cc2s[c]([Sn]([CH2]CCC)([CH2]CCC)[CH2]CCC)cc2s1. The Bertz CT molecular complexity index is 642. The fraction of sp³-hybridized carbons (Fsp3) is 0.769. The number of unbranched alkanes of at least 4 members (excludes halogenated alkanes) is 5. The van der Waals surface area contributed by atoms with Gasteiger partial charge in [-0.2, -0.15) is 0 Å². The van der Waals surface area contributed by atoms with Gasteiger partial charge in [-0.25, -0.2) is 0 Å². The summed E-state index contributed by atoms with van der Waals surface area (Å²) in [6.45, 7) is 11.9. The molecule has 0 aliphatic carbocycles. The molecule has 0 bridgehead atoms. The van der Waals surface area contributed by atoms with Gasteiger partial charge in [-0.1, -0.05) is 0 Å². The summed E-state index contributed by atoms with van der Waals surface area (Å²) in [4.78, 5) is 0. The molecule has 0 aromatic carbocycles. The summed E-state index contributed by atoms with van der Waals surface area (Å²) >= 11 is 0.899. The van der Waals surface area contributed by atoms with Crippen molar-refractivity contribution in [1.82, 2.24) is 0 Å². The Balaban J connectivity index is 2.32. The molecular formula is C26H47S2Sn2. The first kappa shape index (κ1) is 27.5. The van der Waals surface area contributed by atoms with Gasteiger partial charge in [-0.15, -0.1) is 0 Å². The van der Waals surface area contributed by atoms with Crippen LogP contribution in [0, 0.1) is 0 Å². The van der Waals surface area contributed by atoms with Crippen LogP contribution in [0.25, 0.3) is 9.40 Å². The Kier molecular flexibility index (Phi) is 13.9. The van der Waals surface area contributed by atoms with Crippen LogP contribution >= 0.6 is 22.7 Å². The number of rotatable bonds is 17. The summed E-state index contributed by atoms with van der Waals surface area (Å²) in [5.41, 5.74) is 0. The van der Waals surface area contributed by atoms with E-state index in [1.807, 2.05) is 5.79 Å². The van der Waals surface area contributed by atoms with Crippen LogP contribution in [-0.4, -0.2) is 38.1 Å². The third-order valence-electron chi connectivity index (χ3n) is 6.77. The Morgan fingerprint density at radius 1 is 0.633 bits per heavy atom. The maximum absolute atomic E-state index is 2.76. The maximum atomic E-state index is 2.76. The molecule has 0 atom stereocenters. The van der Waals surface area contributed by atoms with Gasteiger partial charge in [0.25, 0.3) is 0 Å². The number of hydrogen-bond donors (Lipinski definition) is 0. The first-order chi connectivity index (χ1) is 14.6. The Hall–Kier alpha value is 1.26. The van der Waals surface area contributed by atoms with Crippen LogP contribution < -0.4 is 5.79 Å². The first-order valence-corrected chi connectivity index (χ1v) is 27.6. The molecule has 0 nitrogen and oxygen atoms in total. The zero-order valence-corrected chi connectivity index (χ0v) is 27.9. The molecule has 0 saturated heterocycles. The molecule has 2 aromatic heterocycles. The van der Waals surface area contributed by atoms with E-state index in [0.29, 0.717) is 0 Å². The van der Waals surface area contributed by atoms with Crippen LogP contribution in [0.2, 0.25) is 22.2 Å². The molecule has 0 aliphatic heterocycles. The summed E-state index contributed by atoms with van der Waals surface area (Å²) in [5, 5.41) is 0. The molecule has 0 saturated carbocycles. The summed E-state index contributed by atoms with van der Waals surface area (Å²) in [5.74, 6) is 0. The van der Waals surface area contributed by atoms with Gasteiger partial charge in [-0.05, 0) is 0 Å². The van der Waals surface area contributed by atoms with E-state index in [1.54, 1.807) is 31.6 Å². The van der Waals surface area contributed by atoms with E-state index in [-0.39, 0.29) is 0 Å². The van der Waals surface area contributed by atoms with Crippen molar-refractivity contribution in [3.8, 4) is 0 Å². The van der Waals surface area contributed by atoms with Crippen molar-refractivity contribution in [2.24, 2.45) is 0 Å². The molecule has 0 N–H and O–H groups in total. The standard InChI is InChI=1S/C6H2S2.5C4H9.2Sn/c1-3-7-6-2-4-8-5(1)6;5*1-3-4-2;;/h1-2H;5*1,3-4H2,2H3;;. The predicted molar refractivity (Wildman–Crippen MR) is 149 cm³/mol. The van der Waals surface area contributed by atoms with Crippen LogP contribution in [-0.2, 0) is 0 Å². The molecule has 30 heavy (non-hydrogen) atoms. The minimum absolute atomic E-state index is 1.38. The topological polar surface area (TPSA) is 0 Å². The molecule has 171 valence electrons. The number of thiophene rings is 2. The van der Waals surface area contributed by atoms with Crippen molar-refractivity contribution in [3.63, 3.8) is 0 Å². The molecule has 2 rings (SSSR count). The van der Waals surface area contributed by atoms with Gasteiger partial charge in [0, 0.05) is 0 Å². The molecular weight excluding hydrogens is 614 g/mol. The summed E-state index contributed by atoms with van der Waals surface area (Å²) in [6.07, 6.45) is 14.3. The Morgan fingerprint density at radius 3 is 1.53 bits per heavy atom. The molecule has 2 aromatic rings. The summed E-state index contributed by atoms with van der Waals surface area (Å²) in [7, 11) is 0. The third kappa shape index (κ3) is 7.94. The quantitative estimate of drug-likeness (QED) is 0.148. The van der Waals surface area contributed by atoms with Crippen molar-refractivity contribution >= 4 is 76.0 Å². The van der Waals surface area contributed by atoms with Crippen LogP contribution in [0.4, 0.5) is 0 Å². The van der Waals surface area contributed by atoms with E-state index in [2.05, 4.69) is 69.4 Å². The zero-order valence-electron chi connectivity index (χ0n) is 20.6. The van der Waals surface area contributed by atoms with Gasteiger partial charge in [0.15, 0.2) is 0 Å². The minimum atomic E-state index is -2.24. The second-order valence-corrected chi connectivity index (χ2v) is 34.6. The Morgan fingerprint density at radius 2 is 1.10 bits per heavy atom. The van der Waals surface area contributed by atoms with Crippen LogP contribution in [0.15, 0.2) is 12.1 Å². The van der Waals surface area contributed by atoms with Crippen molar-refractivity contribution in [2.45, 2.75) is 121 Å². The van der Waals surface area contributed by atoms with Crippen molar-refractivity contribution in [2.75, 3.05) is 0 Å². The first-order valence-electron chi connectivity index (χ1n) is 13.0. The molecule has 0 aliphatic rings. The molecule has 0 unspecified atom stereocenters. The van der Waals surface area contributed by atoms with Gasteiger partial charge < -0.3 is 0 Å². The van der Waals surface area contributed by atoms with E-state index >= 15 is 0 Å².